The normalized spacial score (nSPS) is 12.2. The molecule has 0 bridgehead atoms. The lowest BCUT2D eigenvalue weighted by molar-refractivity contribution is 0.0366. The Morgan fingerprint density at radius 1 is 1.35 bits per heavy atom. The van der Waals surface area contributed by atoms with Crippen LogP contribution in [0.4, 0.5) is 0 Å². The van der Waals surface area contributed by atoms with Gasteiger partial charge in [0.05, 0.1) is 6.10 Å². The molecule has 0 N–H and O–H groups in total. The zero-order valence-electron chi connectivity index (χ0n) is 12.6. The number of hydrogen-bond donors (Lipinski definition) is 0. The molecule has 0 amide bonds. The number of esters is 1. The van der Waals surface area contributed by atoms with Crippen LogP contribution in [0.15, 0.2) is 17.2 Å². The fourth-order valence-corrected chi connectivity index (χ4v) is 3.40. The molecule has 20 heavy (non-hydrogen) atoms. The summed E-state index contributed by atoms with van der Waals surface area (Å²) >= 11 is 0. The fraction of sp³-hybridized carbons (Fsp3) is 0.615. The van der Waals surface area contributed by atoms with E-state index in [4.69, 9.17) is 4.74 Å². The quantitative estimate of drug-likeness (QED) is 0.749. The van der Waals surface area contributed by atoms with Crippen molar-refractivity contribution >= 4 is 16.0 Å². The van der Waals surface area contributed by atoms with Crippen LogP contribution in [0.1, 0.15) is 38.2 Å². The Kier molecular flexibility index (Phi) is 5.35. The number of aromatic nitrogens is 1. The number of hydrogen-bond acceptors (Lipinski definition) is 4. The molecule has 0 spiro atoms. The van der Waals surface area contributed by atoms with Gasteiger partial charge in [-0.2, -0.15) is 4.31 Å². The molecule has 7 heteroatoms. The number of aryl methyl sites for hydroxylation is 1. The van der Waals surface area contributed by atoms with E-state index in [0.29, 0.717) is 13.1 Å². The summed E-state index contributed by atoms with van der Waals surface area (Å²) in [5.41, 5.74) is 0.226. The van der Waals surface area contributed by atoms with Crippen molar-refractivity contribution in [1.29, 1.82) is 0 Å². The van der Waals surface area contributed by atoms with Gasteiger partial charge in [0.15, 0.2) is 0 Å². The number of carbonyl (C=O) groups is 1. The highest BCUT2D eigenvalue weighted by atomic mass is 32.2. The van der Waals surface area contributed by atoms with Crippen LogP contribution in [0.2, 0.25) is 0 Å². The van der Waals surface area contributed by atoms with Crippen LogP contribution in [0.5, 0.6) is 0 Å². The smallest absolute Gasteiger partial charge is 0.355 e. The van der Waals surface area contributed by atoms with E-state index in [-0.39, 0.29) is 16.7 Å². The Bertz CT molecular complexity index is 571. The molecule has 6 nitrogen and oxygen atoms in total. The van der Waals surface area contributed by atoms with Crippen molar-refractivity contribution in [3.8, 4) is 0 Å². The predicted octanol–water partition coefficient (Wildman–Crippen LogP) is 1.62. The Morgan fingerprint density at radius 2 is 1.90 bits per heavy atom. The summed E-state index contributed by atoms with van der Waals surface area (Å²) in [7, 11) is -1.94. The van der Waals surface area contributed by atoms with E-state index in [0.717, 1.165) is 0 Å². The van der Waals surface area contributed by atoms with Crippen molar-refractivity contribution in [2.24, 2.45) is 7.05 Å². The third-order valence-corrected chi connectivity index (χ3v) is 4.89. The lowest BCUT2D eigenvalue weighted by atomic mass is 10.4. The predicted molar refractivity (Wildman–Crippen MR) is 76.1 cm³/mol. The van der Waals surface area contributed by atoms with Gasteiger partial charge in [0.25, 0.3) is 0 Å². The SMILES string of the molecule is CCN(CC)S(=O)(=O)c1cc(C(=O)OC(C)C)n(C)c1. The molecule has 1 aromatic rings. The monoisotopic (exact) mass is 302 g/mol. The first-order chi connectivity index (χ1) is 9.23. The summed E-state index contributed by atoms with van der Waals surface area (Å²) < 4.78 is 32.6. The topological polar surface area (TPSA) is 68.6 Å². The molecule has 1 rings (SSSR count). The first kappa shape index (κ1) is 16.7. The van der Waals surface area contributed by atoms with Gasteiger partial charge < -0.3 is 9.30 Å². The van der Waals surface area contributed by atoms with Crippen molar-refractivity contribution in [3.63, 3.8) is 0 Å². The minimum absolute atomic E-state index is 0.111. The summed E-state index contributed by atoms with van der Waals surface area (Å²) in [5, 5.41) is 0. The van der Waals surface area contributed by atoms with Crippen LogP contribution >= 0.6 is 0 Å². The average Bonchev–Trinajstić information content (AvgIpc) is 2.72. The van der Waals surface area contributed by atoms with Gasteiger partial charge in [-0.3, -0.25) is 0 Å². The summed E-state index contributed by atoms with van der Waals surface area (Å²) in [6.45, 7) is 7.82. The van der Waals surface area contributed by atoms with Gasteiger partial charge >= 0.3 is 5.97 Å². The summed E-state index contributed by atoms with van der Waals surface area (Å²) in [5.74, 6) is -0.525. The highest BCUT2D eigenvalue weighted by molar-refractivity contribution is 7.89. The fourth-order valence-electron chi connectivity index (χ4n) is 1.87. The van der Waals surface area contributed by atoms with Gasteiger partial charge in [-0.15, -0.1) is 0 Å². The Morgan fingerprint density at radius 3 is 2.35 bits per heavy atom. The van der Waals surface area contributed by atoms with Gasteiger partial charge in [-0.1, -0.05) is 13.8 Å². The third-order valence-electron chi connectivity index (χ3n) is 2.87. The average molecular weight is 302 g/mol. The van der Waals surface area contributed by atoms with Crippen molar-refractivity contribution < 1.29 is 17.9 Å². The maximum absolute atomic E-state index is 12.4. The second-order valence-electron chi connectivity index (χ2n) is 4.72. The molecule has 1 heterocycles. The molecule has 0 unspecified atom stereocenters. The molecule has 1 aromatic heterocycles. The van der Waals surface area contributed by atoms with Crippen molar-refractivity contribution in [2.75, 3.05) is 13.1 Å². The molecule has 0 radical (unpaired) electrons. The minimum atomic E-state index is -3.56. The molecule has 0 fully saturated rings. The Balaban J connectivity index is 3.15. The van der Waals surface area contributed by atoms with E-state index in [1.165, 1.54) is 21.1 Å². The van der Waals surface area contributed by atoms with E-state index < -0.39 is 16.0 Å². The van der Waals surface area contributed by atoms with Crippen molar-refractivity contribution in [2.45, 2.75) is 38.7 Å². The number of sulfonamides is 1. The van der Waals surface area contributed by atoms with Crippen LogP contribution in [-0.4, -0.2) is 42.5 Å². The Hall–Kier alpha value is -1.34. The number of carbonyl (C=O) groups excluding carboxylic acids is 1. The lowest BCUT2D eigenvalue weighted by Gasteiger charge is -2.17. The van der Waals surface area contributed by atoms with Gasteiger partial charge in [-0.05, 0) is 19.9 Å². The Labute approximate surface area is 120 Å². The van der Waals surface area contributed by atoms with Gasteiger partial charge in [0.2, 0.25) is 10.0 Å². The van der Waals surface area contributed by atoms with Crippen LogP contribution in [0.3, 0.4) is 0 Å². The first-order valence-electron chi connectivity index (χ1n) is 6.61. The van der Waals surface area contributed by atoms with Crippen LogP contribution in [-0.2, 0) is 21.8 Å². The standard InChI is InChI=1S/C13H22N2O4S/c1-6-15(7-2)20(17,18)11-8-12(14(5)9-11)13(16)19-10(3)4/h8-10H,6-7H2,1-5H3. The van der Waals surface area contributed by atoms with Gasteiger partial charge in [0.1, 0.15) is 10.6 Å². The zero-order chi connectivity index (χ0) is 15.5. The molecular weight excluding hydrogens is 280 g/mol. The number of rotatable bonds is 6. The summed E-state index contributed by atoms with van der Waals surface area (Å²) in [6, 6.07) is 1.36. The van der Waals surface area contributed by atoms with Crippen LogP contribution in [0.25, 0.3) is 0 Å². The molecule has 0 aromatic carbocycles. The second-order valence-corrected chi connectivity index (χ2v) is 6.65. The van der Waals surface area contributed by atoms with E-state index in [1.54, 1.807) is 34.7 Å². The maximum atomic E-state index is 12.4. The molecule has 0 aliphatic rings. The highest BCUT2D eigenvalue weighted by Gasteiger charge is 2.26. The molecule has 0 aliphatic carbocycles. The third kappa shape index (κ3) is 3.40. The second kappa shape index (κ2) is 6.41. The zero-order valence-corrected chi connectivity index (χ0v) is 13.4. The lowest BCUT2D eigenvalue weighted by Crippen LogP contribution is -2.30. The molecular formula is C13H22N2O4S. The van der Waals surface area contributed by atoms with Crippen molar-refractivity contribution in [3.05, 3.63) is 18.0 Å². The van der Waals surface area contributed by atoms with Gasteiger partial charge in [0, 0.05) is 26.3 Å². The molecule has 0 saturated heterocycles. The van der Waals surface area contributed by atoms with Gasteiger partial charge in [-0.25, -0.2) is 13.2 Å². The minimum Gasteiger partial charge on any atom is -0.458 e. The molecule has 0 aliphatic heterocycles. The van der Waals surface area contributed by atoms with E-state index in [2.05, 4.69) is 0 Å². The highest BCUT2D eigenvalue weighted by Crippen LogP contribution is 2.19. The van der Waals surface area contributed by atoms with Crippen LogP contribution in [0, 0.1) is 0 Å². The summed E-state index contributed by atoms with van der Waals surface area (Å²) in [4.78, 5) is 12.0. The molecule has 114 valence electrons. The molecule has 0 atom stereocenters. The van der Waals surface area contributed by atoms with Crippen molar-refractivity contribution in [1.82, 2.24) is 8.87 Å². The van der Waals surface area contributed by atoms with E-state index in [1.807, 2.05) is 0 Å². The molecule has 0 saturated carbocycles. The summed E-state index contributed by atoms with van der Waals surface area (Å²) in [6.07, 6.45) is 1.19. The maximum Gasteiger partial charge on any atom is 0.355 e. The van der Waals surface area contributed by atoms with E-state index in [9.17, 15) is 13.2 Å². The van der Waals surface area contributed by atoms with E-state index >= 15 is 0 Å². The number of ether oxygens (including phenoxy) is 1. The number of nitrogens with zero attached hydrogens (tertiary/aromatic N) is 2. The largest absolute Gasteiger partial charge is 0.458 e. The van der Waals surface area contributed by atoms with Crippen LogP contribution < -0.4 is 0 Å². The first-order valence-corrected chi connectivity index (χ1v) is 8.05.